The summed E-state index contributed by atoms with van der Waals surface area (Å²) in [6.07, 6.45) is 6.03. The van der Waals surface area contributed by atoms with Crippen molar-refractivity contribution in [2.45, 2.75) is 12.8 Å². The summed E-state index contributed by atoms with van der Waals surface area (Å²) in [4.78, 5) is 8.63. The number of hydrogen-bond donors (Lipinski definition) is 1. The molecule has 1 unspecified atom stereocenters. The van der Waals surface area contributed by atoms with Gasteiger partial charge in [-0.2, -0.15) is 0 Å². The molecule has 5 heteroatoms. The van der Waals surface area contributed by atoms with Crippen LogP contribution in [0.1, 0.15) is 12.8 Å². The van der Waals surface area contributed by atoms with E-state index in [0.29, 0.717) is 11.8 Å². The lowest BCUT2D eigenvalue weighted by molar-refractivity contribution is 0.214. The van der Waals surface area contributed by atoms with E-state index in [9.17, 15) is 0 Å². The third kappa shape index (κ3) is 2.18. The Hall–Kier alpha value is -1.62. The average Bonchev–Trinajstić information content (AvgIpc) is 2.80. The lowest BCUT2D eigenvalue weighted by Gasteiger charge is -2.22. The fraction of sp³-hybridized carbons (Fsp3) is 0.538. The first kappa shape index (κ1) is 11.5. The highest BCUT2D eigenvalue weighted by Crippen LogP contribution is 2.21. The Labute approximate surface area is 106 Å². The quantitative estimate of drug-likeness (QED) is 0.888. The number of aromatic nitrogens is 3. The average molecular weight is 246 g/mol. The molecule has 1 aliphatic heterocycles. The molecular weight excluding hydrogens is 228 g/mol. The molecule has 96 valence electrons. The second-order valence-corrected chi connectivity index (χ2v) is 4.86. The minimum atomic E-state index is 0.583. The molecule has 2 aromatic heterocycles. The molecule has 0 radical (unpaired) electrons. The summed E-state index contributed by atoms with van der Waals surface area (Å²) < 4.78 is 7.82. The van der Waals surface area contributed by atoms with Crippen molar-refractivity contribution in [1.29, 1.82) is 0 Å². The van der Waals surface area contributed by atoms with Crippen LogP contribution < -0.4 is 10.1 Å². The SMILES string of the molecule is Cn1cnc2c(OCC3CCCNC3)nccc21. The van der Waals surface area contributed by atoms with Gasteiger partial charge < -0.3 is 14.6 Å². The van der Waals surface area contributed by atoms with E-state index < -0.39 is 0 Å². The Morgan fingerprint density at radius 2 is 2.44 bits per heavy atom. The zero-order valence-corrected chi connectivity index (χ0v) is 10.6. The summed E-state index contributed by atoms with van der Waals surface area (Å²) in [5.41, 5.74) is 1.91. The number of nitrogens with one attached hydrogen (secondary N) is 1. The predicted octanol–water partition coefficient (Wildman–Crippen LogP) is 1.35. The van der Waals surface area contributed by atoms with E-state index in [-0.39, 0.29) is 0 Å². The van der Waals surface area contributed by atoms with Crippen molar-refractivity contribution >= 4 is 11.0 Å². The van der Waals surface area contributed by atoms with Gasteiger partial charge in [0.05, 0.1) is 18.5 Å². The molecule has 3 rings (SSSR count). The highest BCUT2D eigenvalue weighted by molar-refractivity contribution is 5.79. The third-order valence-electron chi connectivity index (χ3n) is 3.46. The zero-order valence-electron chi connectivity index (χ0n) is 10.6. The molecule has 0 bridgehead atoms. The number of aryl methyl sites for hydroxylation is 1. The van der Waals surface area contributed by atoms with Crippen molar-refractivity contribution in [2.75, 3.05) is 19.7 Å². The molecule has 0 aromatic carbocycles. The second-order valence-electron chi connectivity index (χ2n) is 4.86. The van der Waals surface area contributed by atoms with Gasteiger partial charge in [-0.3, -0.25) is 0 Å². The maximum absolute atomic E-state index is 5.85. The molecule has 1 aliphatic rings. The van der Waals surface area contributed by atoms with Gasteiger partial charge in [-0.15, -0.1) is 0 Å². The van der Waals surface area contributed by atoms with E-state index >= 15 is 0 Å². The minimum Gasteiger partial charge on any atom is -0.476 e. The molecular formula is C13H18N4O. The van der Waals surface area contributed by atoms with E-state index in [2.05, 4.69) is 15.3 Å². The molecule has 1 atom stereocenters. The van der Waals surface area contributed by atoms with E-state index in [4.69, 9.17) is 4.74 Å². The number of ether oxygens (including phenoxy) is 1. The van der Waals surface area contributed by atoms with Crippen LogP contribution in [0.2, 0.25) is 0 Å². The van der Waals surface area contributed by atoms with Crippen LogP contribution in [0.4, 0.5) is 0 Å². The number of imidazole rings is 1. The van der Waals surface area contributed by atoms with E-state index in [1.807, 2.05) is 17.7 Å². The summed E-state index contributed by atoms with van der Waals surface area (Å²) in [6, 6.07) is 1.96. The molecule has 1 saturated heterocycles. The van der Waals surface area contributed by atoms with E-state index in [1.165, 1.54) is 12.8 Å². The van der Waals surface area contributed by atoms with Gasteiger partial charge in [-0.05, 0) is 25.5 Å². The van der Waals surface area contributed by atoms with Crippen molar-refractivity contribution in [2.24, 2.45) is 13.0 Å². The van der Waals surface area contributed by atoms with Crippen molar-refractivity contribution in [3.8, 4) is 5.88 Å². The summed E-state index contributed by atoms with van der Waals surface area (Å²) in [6.45, 7) is 2.89. The third-order valence-corrected chi connectivity index (χ3v) is 3.46. The van der Waals surface area contributed by atoms with Crippen molar-refractivity contribution < 1.29 is 4.74 Å². The Kier molecular flexibility index (Phi) is 3.15. The zero-order chi connectivity index (χ0) is 12.4. The van der Waals surface area contributed by atoms with Crippen molar-refractivity contribution in [3.63, 3.8) is 0 Å². The summed E-state index contributed by atoms with van der Waals surface area (Å²) in [5.74, 6) is 1.23. The van der Waals surface area contributed by atoms with Gasteiger partial charge in [0, 0.05) is 25.7 Å². The first-order valence-corrected chi connectivity index (χ1v) is 6.44. The first-order chi connectivity index (χ1) is 8.84. The topological polar surface area (TPSA) is 52.0 Å². The van der Waals surface area contributed by atoms with Gasteiger partial charge in [0.1, 0.15) is 0 Å². The summed E-state index contributed by atoms with van der Waals surface area (Å²) in [7, 11) is 1.98. The molecule has 0 aliphatic carbocycles. The largest absolute Gasteiger partial charge is 0.476 e. The maximum atomic E-state index is 5.85. The van der Waals surface area contributed by atoms with Crippen LogP contribution in [-0.2, 0) is 7.05 Å². The molecule has 0 saturated carbocycles. The Balaban J connectivity index is 1.74. The molecule has 3 heterocycles. The smallest absolute Gasteiger partial charge is 0.242 e. The lowest BCUT2D eigenvalue weighted by Crippen LogP contribution is -2.33. The first-order valence-electron chi connectivity index (χ1n) is 6.44. The highest BCUT2D eigenvalue weighted by Gasteiger charge is 2.15. The van der Waals surface area contributed by atoms with Crippen LogP contribution in [0.25, 0.3) is 11.0 Å². The van der Waals surface area contributed by atoms with Gasteiger partial charge in [0.2, 0.25) is 5.88 Å². The van der Waals surface area contributed by atoms with E-state index in [1.54, 1.807) is 12.5 Å². The van der Waals surface area contributed by atoms with Gasteiger partial charge in [0.25, 0.3) is 0 Å². The molecule has 18 heavy (non-hydrogen) atoms. The number of fused-ring (bicyclic) bond motifs is 1. The van der Waals surface area contributed by atoms with Gasteiger partial charge >= 0.3 is 0 Å². The number of hydrogen-bond acceptors (Lipinski definition) is 4. The Bertz CT molecular complexity index is 531. The predicted molar refractivity (Wildman–Crippen MR) is 69.6 cm³/mol. The summed E-state index contributed by atoms with van der Waals surface area (Å²) in [5, 5.41) is 3.39. The number of nitrogens with zero attached hydrogens (tertiary/aromatic N) is 3. The van der Waals surface area contributed by atoms with Gasteiger partial charge in [0.15, 0.2) is 5.52 Å². The van der Waals surface area contributed by atoms with Crippen LogP contribution in [0.5, 0.6) is 5.88 Å². The monoisotopic (exact) mass is 246 g/mol. The van der Waals surface area contributed by atoms with Gasteiger partial charge in [-0.25, -0.2) is 9.97 Å². The Morgan fingerprint density at radius 3 is 3.28 bits per heavy atom. The number of pyridine rings is 1. The van der Waals surface area contributed by atoms with Crippen molar-refractivity contribution in [1.82, 2.24) is 19.9 Å². The lowest BCUT2D eigenvalue weighted by atomic mass is 10.0. The van der Waals surface area contributed by atoms with E-state index in [0.717, 1.165) is 30.7 Å². The van der Waals surface area contributed by atoms with Crippen LogP contribution in [0, 0.1) is 5.92 Å². The maximum Gasteiger partial charge on any atom is 0.242 e. The molecule has 5 nitrogen and oxygen atoms in total. The molecule has 2 aromatic rings. The molecule has 0 spiro atoms. The summed E-state index contributed by atoms with van der Waals surface area (Å²) >= 11 is 0. The van der Waals surface area contributed by atoms with Crippen molar-refractivity contribution in [3.05, 3.63) is 18.6 Å². The van der Waals surface area contributed by atoms with Gasteiger partial charge in [-0.1, -0.05) is 0 Å². The highest BCUT2D eigenvalue weighted by atomic mass is 16.5. The van der Waals surface area contributed by atoms with Crippen LogP contribution in [-0.4, -0.2) is 34.2 Å². The molecule has 0 amide bonds. The molecule has 1 fully saturated rings. The Morgan fingerprint density at radius 1 is 1.50 bits per heavy atom. The minimum absolute atomic E-state index is 0.583. The van der Waals surface area contributed by atoms with Crippen LogP contribution >= 0.6 is 0 Å². The number of piperidine rings is 1. The van der Waals surface area contributed by atoms with Crippen LogP contribution in [0.3, 0.4) is 0 Å². The van der Waals surface area contributed by atoms with Crippen LogP contribution in [0.15, 0.2) is 18.6 Å². The molecule has 1 N–H and O–H groups in total. The fourth-order valence-corrected chi connectivity index (χ4v) is 2.41. The fourth-order valence-electron chi connectivity index (χ4n) is 2.41. The second kappa shape index (κ2) is 4.94. The standard InChI is InChI=1S/C13H18N4O/c1-17-9-16-12-11(17)4-6-15-13(12)18-8-10-3-2-5-14-7-10/h4,6,9-10,14H,2-3,5,7-8H2,1H3. The number of rotatable bonds is 3. The normalized spacial score (nSPS) is 20.2.